The molecule has 5 heteroatoms. The van der Waals surface area contributed by atoms with Crippen LogP contribution in [0.3, 0.4) is 0 Å². The summed E-state index contributed by atoms with van der Waals surface area (Å²) in [6, 6.07) is 4.91. The third kappa shape index (κ3) is 6.69. The summed E-state index contributed by atoms with van der Waals surface area (Å²) in [6.45, 7) is 2.81. The Hall–Kier alpha value is -0.930. The van der Waals surface area contributed by atoms with Crippen LogP contribution in [-0.4, -0.2) is 19.1 Å². The fraction of sp³-hybridized carbons (Fsp3) is 0.500. The fourth-order valence-electron chi connectivity index (χ4n) is 1.57. The van der Waals surface area contributed by atoms with E-state index in [4.69, 9.17) is 27.9 Å². The zero-order valence-electron chi connectivity index (χ0n) is 11.0. The minimum atomic E-state index is -0.137. The Morgan fingerprint density at radius 2 is 2.05 bits per heavy atom. The molecule has 0 heterocycles. The van der Waals surface area contributed by atoms with Crippen molar-refractivity contribution >= 4 is 29.1 Å². The van der Waals surface area contributed by atoms with E-state index < -0.39 is 0 Å². The Morgan fingerprint density at radius 1 is 1.26 bits per heavy atom. The SMILES string of the molecule is CCCCCCNC(=O)COc1ccc(Cl)cc1Cl. The normalized spacial score (nSPS) is 10.3. The van der Waals surface area contributed by atoms with Crippen LogP contribution in [0.4, 0.5) is 0 Å². The first-order valence-electron chi connectivity index (χ1n) is 6.48. The molecule has 0 aromatic heterocycles. The van der Waals surface area contributed by atoms with Crippen molar-refractivity contribution in [3.8, 4) is 5.75 Å². The van der Waals surface area contributed by atoms with Crippen molar-refractivity contribution in [3.63, 3.8) is 0 Å². The second kappa shape index (κ2) is 9.05. The van der Waals surface area contributed by atoms with E-state index in [0.717, 1.165) is 12.8 Å². The number of hydrogen-bond donors (Lipinski definition) is 1. The van der Waals surface area contributed by atoms with Gasteiger partial charge in [-0.2, -0.15) is 0 Å². The number of ether oxygens (including phenoxy) is 1. The maximum atomic E-state index is 11.5. The fourth-order valence-corrected chi connectivity index (χ4v) is 2.03. The molecule has 0 radical (unpaired) electrons. The van der Waals surface area contributed by atoms with E-state index in [1.54, 1.807) is 18.2 Å². The van der Waals surface area contributed by atoms with Gasteiger partial charge in [0.05, 0.1) is 5.02 Å². The molecule has 1 amide bonds. The van der Waals surface area contributed by atoms with Gasteiger partial charge in [0.15, 0.2) is 6.61 Å². The van der Waals surface area contributed by atoms with Crippen molar-refractivity contribution in [2.75, 3.05) is 13.2 Å². The molecular weight excluding hydrogens is 285 g/mol. The lowest BCUT2D eigenvalue weighted by molar-refractivity contribution is -0.123. The van der Waals surface area contributed by atoms with E-state index >= 15 is 0 Å². The first kappa shape index (κ1) is 16.1. The monoisotopic (exact) mass is 303 g/mol. The van der Waals surface area contributed by atoms with Gasteiger partial charge in [-0.25, -0.2) is 0 Å². The zero-order valence-corrected chi connectivity index (χ0v) is 12.6. The van der Waals surface area contributed by atoms with Crippen LogP contribution < -0.4 is 10.1 Å². The predicted molar refractivity (Wildman–Crippen MR) is 79.1 cm³/mol. The molecule has 1 N–H and O–H groups in total. The molecule has 0 spiro atoms. The highest BCUT2D eigenvalue weighted by Gasteiger charge is 2.05. The Labute approximate surface area is 124 Å². The van der Waals surface area contributed by atoms with E-state index in [9.17, 15) is 4.79 Å². The topological polar surface area (TPSA) is 38.3 Å². The van der Waals surface area contributed by atoms with Gasteiger partial charge in [-0.1, -0.05) is 49.4 Å². The number of rotatable bonds is 8. The number of carbonyl (C=O) groups excluding carboxylic acids is 1. The minimum absolute atomic E-state index is 0.0326. The molecule has 106 valence electrons. The van der Waals surface area contributed by atoms with Crippen LogP contribution in [0, 0.1) is 0 Å². The van der Waals surface area contributed by atoms with Crippen molar-refractivity contribution in [2.24, 2.45) is 0 Å². The molecule has 1 aromatic rings. The van der Waals surface area contributed by atoms with Crippen LogP contribution in [0.5, 0.6) is 5.75 Å². The molecule has 1 aromatic carbocycles. The van der Waals surface area contributed by atoms with E-state index in [-0.39, 0.29) is 12.5 Å². The van der Waals surface area contributed by atoms with E-state index in [2.05, 4.69) is 12.2 Å². The Morgan fingerprint density at radius 3 is 2.74 bits per heavy atom. The number of amides is 1. The van der Waals surface area contributed by atoms with Crippen LogP contribution in [0.25, 0.3) is 0 Å². The summed E-state index contributed by atoms with van der Waals surface area (Å²) in [5.74, 6) is 0.328. The number of benzene rings is 1. The second-order valence-corrected chi connectivity index (χ2v) is 5.12. The maximum absolute atomic E-state index is 11.5. The molecule has 0 atom stereocenters. The van der Waals surface area contributed by atoms with Crippen molar-refractivity contribution < 1.29 is 9.53 Å². The molecule has 0 aliphatic rings. The summed E-state index contributed by atoms with van der Waals surface area (Å²) in [7, 11) is 0. The smallest absolute Gasteiger partial charge is 0.257 e. The van der Waals surface area contributed by atoms with E-state index in [0.29, 0.717) is 22.3 Å². The quantitative estimate of drug-likeness (QED) is 0.735. The summed E-state index contributed by atoms with van der Waals surface area (Å²) in [6.07, 6.45) is 4.53. The van der Waals surface area contributed by atoms with E-state index in [1.165, 1.54) is 12.8 Å². The Kier molecular flexibility index (Phi) is 7.68. The van der Waals surface area contributed by atoms with Gasteiger partial charge in [-0.3, -0.25) is 4.79 Å². The standard InChI is InChI=1S/C14H19Cl2NO2/c1-2-3-4-5-8-17-14(18)10-19-13-7-6-11(15)9-12(13)16/h6-7,9H,2-5,8,10H2,1H3,(H,17,18). The molecule has 0 fully saturated rings. The third-order valence-corrected chi connectivity index (χ3v) is 3.14. The summed E-state index contributed by atoms with van der Waals surface area (Å²) in [5.41, 5.74) is 0. The summed E-state index contributed by atoms with van der Waals surface area (Å²) < 4.78 is 5.33. The number of halogens is 2. The zero-order chi connectivity index (χ0) is 14.1. The second-order valence-electron chi connectivity index (χ2n) is 4.27. The largest absolute Gasteiger partial charge is 0.482 e. The van der Waals surface area contributed by atoms with Crippen molar-refractivity contribution in [3.05, 3.63) is 28.2 Å². The lowest BCUT2D eigenvalue weighted by Crippen LogP contribution is -2.29. The first-order valence-corrected chi connectivity index (χ1v) is 7.23. The maximum Gasteiger partial charge on any atom is 0.257 e. The Balaban J connectivity index is 2.22. The van der Waals surface area contributed by atoms with Crippen LogP contribution in [-0.2, 0) is 4.79 Å². The number of hydrogen-bond acceptors (Lipinski definition) is 2. The average molecular weight is 304 g/mol. The molecule has 0 saturated heterocycles. The number of nitrogens with one attached hydrogen (secondary N) is 1. The van der Waals surface area contributed by atoms with Crippen molar-refractivity contribution in [1.82, 2.24) is 5.32 Å². The van der Waals surface area contributed by atoms with Gasteiger partial charge in [0.1, 0.15) is 5.75 Å². The highest BCUT2D eigenvalue weighted by Crippen LogP contribution is 2.27. The van der Waals surface area contributed by atoms with Gasteiger partial charge >= 0.3 is 0 Å². The first-order chi connectivity index (χ1) is 9.13. The lowest BCUT2D eigenvalue weighted by atomic mass is 10.2. The van der Waals surface area contributed by atoms with Crippen LogP contribution in [0.1, 0.15) is 32.6 Å². The van der Waals surface area contributed by atoms with Crippen LogP contribution in [0.15, 0.2) is 18.2 Å². The molecule has 0 unspecified atom stereocenters. The molecule has 0 aliphatic heterocycles. The van der Waals surface area contributed by atoms with Crippen molar-refractivity contribution in [1.29, 1.82) is 0 Å². The van der Waals surface area contributed by atoms with Crippen LogP contribution in [0.2, 0.25) is 10.0 Å². The molecular formula is C14H19Cl2NO2. The predicted octanol–water partition coefficient (Wildman–Crippen LogP) is 4.07. The van der Waals surface area contributed by atoms with Crippen molar-refractivity contribution in [2.45, 2.75) is 32.6 Å². The minimum Gasteiger partial charge on any atom is -0.482 e. The number of unbranched alkanes of at least 4 members (excludes halogenated alkanes) is 3. The molecule has 0 aliphatic carbocycles. The highest BCUT2D eigenvalue weighted by molar-refractivity contribution is 6.35. The lowest BCUT2D eigenvalue weighted by Gasteiger charge is -2.08. The molecule has 19 heavy (non-hydrogen) atoms. The van der Waals surface area contributed by atoms with Gasteiger partial charge in [-0.05, 0) is 24.6 Å². The van der Waals surface area contributed by atoms with Gasteiger partial charge in [-0.15, -0.1) is 0 Å². The highest BCUT2D eigenvalue weighted by atomic mass is 35.5. The molecule has 0 saturated carbocycles. The molecule has 1 rings (SSSR count). The van der Waals surface area contributed by atoms with Gasteiger partial charge in [0.25, 0.3) is 5.91 Å². The van der Waals surface area contributed by atoms with Crippen LogP contribution >= 0.6 is 23.2 Å². The van der Waals surface area contributed by atoms with Gasteiger partial charge in [0, 0.05) is 11.6 Å². The summed E-state index contributed by atoms with van der Waals surface area (Å²) >= 11 is 11.7. The Bertz CT molecular complexity index is 410. The summed E-state index contributed by atoms with van der Waals surface area (Å²) in [5, 5.41) is 3.75. The molecule has 0 bridgehead atoms. The molecule has 3 nitrogen and oxygen atoms in total. The van der Waals surface area contributed by atoms with Gasteiger partial charge < -0.3 is 10.1 Å². The average Bonchev–Trinajstić information content (AvgIpc) is 2.37. The van der Waals surface area contributed by atoms with E-state index in [1.807, 2.05) is 0 Å². The summed E-state index contributed by atoms with van der Waals surface area (Å²) in [4.78, 5) is 11.5. The van der Waals surface area contributed by atoms with Gasteiger partial charge in [0.2, 0.25) is 0 Å². The number of carbonyl (C=O) groups is 1. The third-order valence-electron chi connectivity index (χ3n) is 2.61.